The third-order valence-corrected chi connectivity index (χ3v) is 3.48. The summed E-state index contributed by atoms with van der Waals surface area (Å²) in [4.78, 5) is 8.71. The van der Waals surface area contributed by atoms with E-state index in [9.17, 15) is 0 Å². The number of anilines is 3. The molecule has 5 heteroatoms. The van der Waals surface area contributed by atoms with Crippen molar-refractivity contribution in [3.05, 3.63) is 40.2 Å². The number of hydrogen-bond acceptors (Lipinski definition) is 4. The summed E-state index contributed by atoms with van der Waals surface area (Å²) >= 11 is 6.11. The van der Waals surface area contributed by atoms with Crippen molar-refractivity contribution in [3.63, 3.8) is 0 Å². The lowest BCUT2D eigenvalue weighted by Crippen LogP contribution is -2.07. The van der Waals surface area contributed by atoms with Gasteiger partial charge in [-0.2, -0.15) is 0 Å². The summed E-state index contributed by atoms with van der Waals surface area (Å²) in [6.45, 7) is 5.86. The van der Waals surface area contributed by atoms with E-state index in [1.807, 2.05) is 39.0 Å². The lowest BCUT2D eigenvalue weighted by atomic mass is 10.2. The molecule has 19 heavy (non-hydrogen) atoms. The van der Waals surface area contributed by atoms with Crippen LogP contribution < -0.4 is 11.1 Å². The van der Waals surface area contributed by atoms with E-state index < -0.39 is 0 Å². The quantitative estimate of drug-likeness (QED) is 0.898. The predicted molar refractivity (Wildman–Crippen MR) is 80.0 cm³/mol. The van der Waals surface area contributed by atoms with Gasteiger partial charge in [-0.05, 0) is 31.5 Å². The zero-order valence-corrected chi connectivity index (χ0v) is 12.0. The third-order valence-electron chi connectivity index (χ3n) is 3.07. The molecule has 0 saturated carbocycles. The topological polar surface area (TPSA) is 63.8 Å². The Morgan fingerprint density at radius 1 is 1.21 bits per heavy atom. The van der Waals surface area contributed by atoms with Crippen LogP contribution >= 0.6 is 11.6 Å². The van der Waals surface area contributed by atoms with Crippen molar-refractivity contribution in [2.45, 2.75) is 27.2 Å². The third kappa shape index (κ3) is 2.79. The summed E-state index contributed by atoms with van der Waals surface area (Å²) in [5.41, 5.74) is 8.66. The zero-order chi connectivity index (χ0) is 14.0. The standard InChI is InChI=1S/C14H17ClN4/c1-4-12-18-13(16)9(3)14(19-12)17-11-7-5-6-10(15)8(11)2/h5-7H,4H2,1-3H3,(H3,16,17,18,19). The lowest BCUT2D eigenvalue weighted by molar-refractivity contribution is 0.940. The number of rotatable bonds is 3. The summed E-state index contributed by atoms with van der Waals surface area (Å²) in [5, 5.41) is 4.00. The molecule has 0 saturated heterocycles. The minimum atomic E-state index is 0.508. The Morgan fingerprint density at radius 3 is 2.63 bits per heavy atom. The minimum Gasteiger partial charge on any atom is -0.383 e. The number of nitrogen functional groups attached to an aromatic ring is 1. The van der Waals surface area contributed by atoms with Crippen LogP contribution in [-0.4, -0.2) is 9.97 Å². The number of aryl methyl sites for hydroxylation is 1. The minimum absolute atomic E-state index is 0.508. The van der Waals surface area contributed by atoms with Gasteiger partial charge in [0.25, 0.3) is 0 Å². The maximum atomic E-state index is 6.11. The van der Waals surface area contributed by atoms with Gasteiger partial charge in [-0.3, -0.25) is 0 Å². The average molecular weight is 277 g/mol. The van der Waals surface area contributed by atoms with Crippen molar-refractivity contribution in [3.8, 4) is 0 Å². The van der Waals surface area contributed by atoms with Crippen LogP contribution in [0.3, 0.4) is 0 Å². The molecule has 2 aromatic rings. The molecule has 0 amide bonds. The SMILES string of the molecule is CCc1nc(N)c(C)c(Nc2cccc(Cl)c2C)n1. The summed E-state index contributed by atoms with van der Waals surface area (Å²) in [5.74, 6) is 1.97. The molecule has 4 nitrogen and oxygen atoms in total. The molecule has 0 atom stereocenters. The number of aromatic nitrogens is 2. The Kier molecular flexibility index (Phi) is 3.90. The second kappa shape index (κ2) is 5.45. The highest BCUT2D eigenvalue weighted by molar-refractivity contribution is 6.31. The van der Waals surface area contributed by atoms with Gasteiger partial charge in [0.15, 0.2) is 0 Å². The first-order valence-corrected chi connectivity index (χ1v) is 6.55. The van der Waals surface area contributed by atoms with Gasteiger partial charge in [0.05, 0.1) is 0 Å². The van der Waals surface area contributed by atoms with Crippen LogP contribution in [0.4, 0.5) is 17.3 Å². The van der Waals surface area contributed by atoms with Crippen molar-refractivity contribution in [2.75, 3.05) is 11.1 Å². The fourth-order valence-electron chi connectivity index (χ4n) is 1.73. The molecule has 0 aliphatic heterocycles. The molecular weight excluding hydrogens is 260 g/mol. The van der Waals surface area contributed by atoms with Gasteiger partial charge < -0.3 is 11.1 Å². The molecule has 2 rings (SSSR count). The monoisotopic (exact) mass is 276 g/mol. The molecule has 100 valence electrons. The second-order valence-corrected chi connectivity index (χ2v) is 4.80. The molecule has 1 heterocycles. The predicted octanol–water partition coefficient (Wildman–Crippen LogP) is 3.64. The van der Waals surface area contributed by atoms with Gasteiger partial charge in [-0.15, -0.1) is 0 Å². The fraction of sp³-hybridized carbons (Fsp3) is 0.286. The van der Waals surface area contributed by atoms with E-state index >= 15 is 0 Å². The Morgan fingerprint density at radius 2 is 1.95 bits per heavy atom. The molecule has 1 aromatic heterocycles. The van der Waals surface area contributed by atoms with E-state index in [1.165, 1.54) is 0 Å². The maximum absolute atomic E-state index is 6.11. The fourth-order valence-corrected chi connectivity index (χ4v) is 1.91. The molecule has 0 unspecified atom stereocenters. The Labute approximate surface area is 118 Å². The number of hydrogen-bond donors (Lipinski definition) is 2. The van der Waals surface area contributed by atoms with Crippen LogP contribution in [-0.2, 0) is 6.42 Å². The molecular formula is C14H17ClN4. The van der Waals surface area contributed by atoms with Gasteiger partial charge in [0.1, 0.15) is 17.5 Å². The first-order valence-electron chi connectivity index (χ1n) is 6.18. The smallest absolute Gasteiger partial charge is 0.139 e. The van der Waals surface area contributed by atoms with Crippen LogP contribution in [0.15, 0.2) is 18.2 Å². The highest BCUT2D eigenvalue weighted by Gasteiger charge is 2.10. The summed E-state index contributed by atoms with van der Waals surface area (Å²) in [6.07, 6.45) is 0.744. The van der Waals surface area contributed by atoms with Gasteiger partial charge in [0.2, 0.25) is 0 Å². The van der Waals surface area contributed by atoms with Crippen molar-refractivity contribution in [2.24, 2.45) is 0 Å². The molecule has 0 spiro atoms. The Hall–Kier alpha value is -1.81. The highest BCUT2D eigenvalue weighted by atomic mass is 35.5. The van der Waals surface area contributed by atoms with E-state index in [2.05, 4.69) is 15.3 Å². The largest absolute Gasteiger partial charge is 0.383 e. The van der Waals surface area contributed by atoms with Crippen LogP contribution in [0.1, 0.15) is 23.9 Å². The van der Waals surface area contributed by atoms with E-state index in [0.29, 0.717) is 5.82 Å². The number of nitrogens with two attached hydrogens (primary N) is 1. The Balaban J connectivity index is 2.43. The maximum Gasteiger partial charge on any atom is 0.139 e. The van der Waals surface area contributed by atoms with E-state index in [0.717, 1.165) is 39.9 Å². The normalized spacial score (nSPS) is 10.5. The van der Waals surface area contributed by atoms with Crippen LogP contribution in [0.5, 0.6) is 0 Å². The number of benzene rings is 1. The first kappa shape index (κ1) is 13.6. The van der Waals surface area contributed by atoms with Gasteiger partial charge in [0, 0.05) is 22.7 Å². The molecule has 0 aliphatic rings. The molecule has 0 bridgehead atoms. The van der Waals surface area contributed by atoms with E-state index in [4.69, 9.17) is 17.3 Å². The number of nitrogens with one attached hydrogen (secondary N) is 1. The second-order valence-electron chi connectivity index (χ2n) is 4.39. The molecule has 0 radical (unpaired) electrons. The zero-order valence-electron chi connectivity index (χ0n) is 11.3. The van der Waals surface area contributed by atoms with Crippen LogP contribution in [0, 0.1) is 13.8 Å². The molecule has 3 N–H and O–H groups in total. The van der Waals surface area contributed by atoms with Gasteiger partial charge in [-0.25, -0.2) is 9.97 Å². The number of halogens is 1. The average Bonchev–Trinajstić information content (AvgIpc) is 2.39. The summed E-state index contributed by atoms with van der Waals surface area (Å²) in [6, 6.07) is 5.73. The van der Waals surface area contributed by atoms with E-state index in [-0.39, 0.29) is 0 Å². The van der Waals surface area contributed by atoms with E-state index in [1.54, 1.807) is 0 Å². The van der Waals surface area contributed by atoms with Crippen LogP contribution in [0.2, 0.25) is 5.02 Å². The first-order chi connectivity index (χ1) is 9.02. The molecule has 0 aliphatic carbocycles. The Bertz CT molecular complexity index is 611. The number of nitrogens with zero attached hydrogens (tertiary/aromatic N) is 2. The molecule has 0 fully saturated rings. The summed E-state index contributed by atoms with van der Waals surface area (Å²) in [7, 11) is 0. The van der Waals surface area contributed by atoms with Crippen molar-refractivity contribution >= 4 is 28.9 Å². The lowest BCUT2D eigenvalue weighted by Gasteiger charge is -2.13. The van der Waals surface area contributed by atoms with Crippen molar-refractivity contribution in [1.82, 2.24) is 9.97 Å². The van der Waals surface area contributed by atoms with Crippen molar-refractivity contribution in [1.29, 1.82) is 0 Å². The van der Waals surface area contributed by atoms with Gasteiger partial charge in [-0.1, -0.05) is 24.6 Å². The molecule has 1 aromatic carbocycles. The van der Waals surface area contributed by atoms with Crippen LogP contribution in [0.25, 0.3) is 0 Å². The van der Waals surface area contributed by atoms with Crippen molar-refractivity contribution < 1.29 is 0 Å². The summed E-state index contributed by atoms with van der Waals surface area (Å²) < 4.78 is 0. The highest BCUT2D eigenvalue weighted by Crippen LogP contribution is 2.27. The van der Waals surface area contributed by atoms with Gasteiger partial charge >= 0.3 is 0 Å².